The number of nitro benzene ring substituents is 1. The topological polar surface area (TPSA) is 79.5 Å². The summed E-state index contributed by atoms with van der Waals surface area (Å²) in [7, 11) is 0. The zero-order chi connectivity index (χ0) is 15.0. The van der Waals surface area contributed by atoms with E-state index in [1.807, 2.05) is 13.0 Å². The van der Waals surface area contributed by atoms with Crippen LogP contribution in [-0.2, 0) is 0 Å². The van der Waals surface area contributed by atoms with Crippen molar-refractivity contribution in [3.63, 3.8) is 0 Å². The molecule has 110 valence electrons. The second kappa shape index (κ2) is 5.29. The van der Waals surface area contributed by atoms with Crippen molar-refractivity contribution in [3.8, 4) is 0 Å². The highest BCUT2D eigenvalue weighted by Gasteiger charge is 2.25. The molecule has 2 heterocycles. The SMILES string of the molecule is Cc1cc2c(N3CCC(CO)C3)ccc([N+](=O)[O-])c2cn1. The number of hydrogen-bond acceptors (Lipinski definition) is 5. The summed E-state index contributed by atoms with van der Waals surface area (Å²) < 4.78 is 0. The van der Waals surface area contributed by atoms with Crippen molar-refractivity contribution < 1.29 is 10.0 Å². The Morgan fingerprint density at radius 2 is 2.29 bits per heavy atom. The second-order valence-corrected chi connectivity index (χ2v) is 5.52. The van der Waals surface area contributed by atoms with Crippen LogP contribution in [0.3, 0.4) is 0 Å². The van der Waals surface area contributed by atoms with E-state index in [2.05, 4.69) is 9.88 Å². The lowest BCUT2D eigenvalue weighted by atomic mass is 10.1. The van der Waals surface area contributed by atoms with Gasteiger partial charge >= 0.3 is 0 Å². The summed E-state index contributed by atoms with van der Waals surface area (Å²) in [6, 6.07) is 5.24. The van der Waals surface area contributed by atoms with Gasteiger partial charge in [-0.15, -0.1) is 0 Å². The molecule has 1 N–H and O–H groups in total. The zero-order valence-corrected chi connectivity index (χ0v) is 11.8. The van der Waals surface area contributed by atoms with Crippen LogP contribution in [-0.4, -0.2) is 34.7 Å². The van der Waals surface area contributed by atoms with Crippen LogP contribution in [0.4, 0.5) is 11.4 Å². The van der Waals surface area contributed by atoms with E-state index in [0.29, 0.717) is 5.39 Å². The number of nitro groups is 1. The number of benzene rings is 1. The van der Waals surface area contributed by atoms with Gasteiger partial charge in [-0.1, -0.05) is 0 Å². The van der Waals surface area contributed by atoms with Gasteiger partial charge in [-0.2, -0.15) is 0 Å². The minimum absolute atomic E-state index is 0.0826. The number of pyridine rings is 1. The first-order chi connectivity index (χ1) is 10.1. The van der Waals surface area contributed by atoms with Gasteiger partial charge in [0.05, 0.1) is 10.3 Å². The lowest BCUT2D eigenvalue weighted by Crippen LogP contribution is -2.21. The smallest absolute Gasteiger partial charge is 0.278 e. The van der Waals surface area contributed by atoms with E-state index < -0.39 is 0 Å². The Balaban J connectivity index is 2.13. The third-order valence-electron chi connectivity index (χ3n) is 4.07. The first-order valence-electron chi connectivity index (χ1n) is 6.99. The van der Waals surface area contributed by atoms with Gasteiger partial charge in [0.2, 0.25) is 0 Å². The summed E-state index contributed by atoms with van der Waals surface area (Å²) >= 11 is 0. The van der Waals surface area contributed by atoms with Crippen molar-refractivity contribution in [2.45, 2.75) is 13.3 Å². The predicted octanol–water partition coefficient (Wildman–Crippen LogP) is 2.27. The van der Waals surface area contributed by atoms with Crippen LogP contribution in [0.1, 0.15) is 12.1 Å². The highest BCUT2D eigenvalue weighted by molar-refractivity contribution is 5.99. The number of nitrogens with zero attached hydrogens (tertiary/aromatic N) is 3. The van der Waals surface area contributed by atoms with Gasteiger partial charge in [0.1, 0.15) is 0 Å². The van der Waals surface area contributed by atoms with Crippen LogP contribution in [0.5, 0.6) is 0 Å². The molecule has 3 rings (SSSR count). The molecule has 0 saturated carbocycles. The summed E-state index contributed by atoms with van der Waals surface area (Å²) in [5.74, 6) is 0.276. The van der Waals surface area contributed by atoms with E-state index in [-0.39, 0.29) is 23.1 Å². The second-order valence-electron chi connectivity index (χ2n) is 5.52. The Labute approximate surface area is 122 Å². The van der Waals surface area contributed by atoms with Gasteiger partial charge in [0.15, 0.2) is 0 Å². The average Bonchev–Trinajstić information content (AvgIpc) is 2.94. The fourth-order valence-corrected chi connectivity index (χ4v) is 2.95. The van der Waals surface area contributed by atoms with Gasteiger partial charge < -0.3 is 10.0 Å². The molecule has 1 unspecified atom stereocenters. The highest BCUT2D eigenvalue weighted by atomic mass is 16.6. The minimum atomic E-state index is -0.371. The molecule has 1 saturated heterocycles. The lowest BCUT2D eigenvalue weighted by molar-refractivity contribution is -0.383. The van der Waals surface area contributed by atoms with Crippen LogP contribution in [0.25, 0.3) is 10.8 Å². The number of non-ortho nitro benzene ring substituents is 1. The molecule has 6 nitrogen and oxygen atoms in total. The van der Waals surface area contributed by atoms with Gasteiger partial charge in [-0.05, 0) is 25.5 Å². The maximum atomic E-state index is 11.2. The number of anilines is 1. The van der Waals surface area contributed by atoms with E-state index in [4.69, 9.17) is 0 Å². The van der Waals surface area contributed by atoms with Crippen LogP contribution in [0.2, 0.25) is 0 Å². The standard InChI is InChI=1S/C15H17N3O3/c1-10-6-12-13(7-16-10)15(18(20)21)3-2-14(12)17-5-4-11(8-17)9-19/h2-3,6-7,11,19H,4-5,8-9H2,1H3. The number of aromatic nitrogens is 1. The first kappa shape index (κ1) is 13.8. The van der Waals surface area contributed by atoms with E-state index >= 15 is 0 Å². The Kier molecular flexibility index (Phi) is 3.47. The Morgan fingerprint density at radius 3 is 2.95 bits per heavy atom. The van der Waals surface area contributed by atoms with Gasteiger partial charge in [0.25, 0.3) is 5.69 Å². The molecule has 0 aliphatic carbocycles. The molecule has 1 atom stereocenters. The number of aliphatic hydroxyl groups is 1. The molecule has 1 aliphatic heterocycles. The predicted molar refractivity (Wildman–Crippen MR) is 80.5 cm³/mol. The first-order valence-corrected chi connectivity index (χ1v) is 6.99. The fraction of sp³-hybridized carbons (Fsp3) is 0.400. The van der Waals surface area contributed by atoms with Crippen molar-refractivity contribution in [3.05, 3.63) is 40.2 Å². The van der Waals surface area contributed by atoms with Crippen LogP contribution in [0, 0.1) is 23.0 Å². The van der Waals surface area contributed by atoms with Gasteiger partial charge in [-0.25, -0.2) is 0 Å². The summed E-state index contributed by atoms with van der Waals surface area (Å²) in [4.78, 5) is 17.2. The van der Waals surface area contributed by atoms with E-state index in [0.717, 1.165) is 36.3 Å². The third kappa shape index (κ3) is 2.42. The van der Waals surface area contributed by atoms with E-state index in [1.165, 1.54) is 0 Å². The molecule has 1 aromatic heterocycles. The van der Waals surface area contributed by atoms with E-state index in [1.54, 1.807) is 18.3 Å². The van der Waals surface area contributed by atoms with Crippen molar-refractivity contribution in [2.24, 2.45) is 5.92 Å². The van der Waals surface area contributed by atoms with Crippen molar-refractivity contribution >= 4 is 22.1 Å². The quantitative estimate of drug-likeness (QED) is 0.692. The molecule has 2 aromatic rings. The normalized spacial score (nSPS) is 18.4. The highest BCUT2D eigenvalue weighted by Crippen LogP contribution is 2.35. The number of rotatable bonds is 3. The Bertz CT molecular complexity index is 702. The number of fused-ring (bicyclic) bond motifs is 1. The lowest BCUT2D eigenvalue weighted by Gasteiger charge is -2.20. The van der Waals surface area contributed by atoms with Crippen LogP contribution >= 0.6 is 0 Å². The Hall–Kier alpha value is -2.21. The fourth-order valence-electron chi connectivity index (χ4n) is 2.95. The molecule has 0 bridgehead atoms. The van der Waals surface area contributed by atoms with Gasteiger partial charge in [-0.3, -0.25) is 15.1 Å². The molecule has 1 aromatic carbocycles. The summed E-state index contributed by atoms with van der Waals surface area (Å²) in [5, 5.41) is 21.9. The maximum Gasteiger partial charge on any atom is 0.278 e. The van der Waals surface area contributed by atoms with Crippen LogP contribution < -0.4 is 4.90 Å². The monoisotopic (exact) mass is 287 g/mol. The Morgan fingerprint density at radius 1 is 1.48 bits per heavy atom. The van der Waals surface area contributed by atoms with Crippen molar-refractivity contribution in [1.29, 1.82) is 0 Å². The molecular weight excluding hydrogens is 270 g/mol. The molecule has 0 spiro atoms. The third-order valence-corrected chi connectivity index (χ3v) is 4.07. The molecule has 6 heteroatoms. The zero-order valence-electron chi connectivity index (χ0n) is 11.8. The number of aliphatic hydroxyl groups excluding tert-OH is 1. The summed E-state index contributed by atoms with van der Waals surface area (Å²) in [6.07, 6.45) is 2.52. The van der Waals surface area contributed by atoms with Crippen molar-refractivity contribution in [1.82, 2.24) is 4.98 Å². The number of hydrogen-bond donors (Lipinski definition) is 1. The van der Waals surface area contributed by atoms with E-state index in [9.17, 15) is 15.2 Å². The molecule has 0 radical (unpaired) electrons. The molecule has 0 amide bonds. The number of aryl methyl sites for hydroxylation is 1. The molecule has 21 heavy (non-hydrogen) atoms. The van der Waals surface area contributed by atoms with Crippen LogP contribution in [0.15, 0.2) is 24.4 Å². The van der Waals surface area contributed by atoms with Gasteiger partial charge in [0, 0.05) is 54.6 Å². The molecule has 1 aliphatic rings. The molecular formula is C15H17N3O3. The summed E-state index contributed by atoms with van der Waals surface area (Å²) in [5.41, 5.74) is 1.90. The largest absolute Gasteiger partial charge is 0.396 e. The average molecular weight is 287 g/mol. The van der Waals surface area contributed by atoms with Crippen molar-refractivity contribution in [2.75, 3.05) is 24.6 Å². The maximum absolute atomic E-state index is 11.2. The molecule has 1 fully saturated rings. The summed E-state index contributed by atoms with van der Waals surface area (Å²) in [6.45, 7) is 3.70. The minimum Gasteiger partial charge on any atom is -0.396 e.